The molecule has 0 aliphatic rings. The number of hydrogen-bond acceptors (Lipinski definition) is 4. The average Bonchev–Trinajstić information content (AvgIpc) is 2.47. The maximum Gasteiger partial charge on any atom is 0.278 e. The lowest BCUT2D eigenvalue weighted by Gasteiger charge is -2.08. The molecule has 21 heavy (non-hydrogen) atoms. The first-order valence-corrected chi connectivity index (χ1v) is 6.47. The smallest absolute Gasteiger partial charge is 0.278 e. The first-order valence-electron chi connectivity index (χ1n) is 6.47. The fourth-order valence-electron chi connectivity index (χ4n) is 2.42. The third kappa shape index (κ3) is 1.82. The zero-order valence-corrected chi connectivity index (χ0v) is 11.4. The molecule has 1 amide bonds. The highest BCUT2D eigenvalue weighted by atomic mass is 16.1. The van der Waals surface area contributed by atoms with E-state index in [4.69, 9.17) is 11.5 Å². The van der Waals surface area contributed by atoms with Gasteiger partial charge >= 0.3 is 0 Å². The molecule has 0 aliphatic carbocycles. The molecule has 3 heterocycles. The first-order chi connectivity index (χ1) is 10.0. The van der Waals surface area contributed by atoms with Crippen LogP contribution >= 0.6 is 0 Å². The van der Waals surface area contributed by atoms with Crippen molar-refractivity contribution in [1.82, 2.24) is 9.38 Å². The highest BCUT2D eigenvalue weighted by Crippen LogP contribution is 2.13. The van der Waals surface area contributed by atoms with Crippen LogP contribution in [0.25, 0.3) is 16.7 Å². The SMILES string of the molecule is CC[n+]1c(N)c(C(N)=O)cc2c(=O)n3ccccc3nc21. The number of anilines is 1. The van der Waals surface area contributed by atoms with Gasteiger partial charge in [0.25, 0.3) is 17.1 Å². The maximum atomic E-state index is 12.6. The lowest BCUT2D eigenvalue weighted by Crippen LogP contribution is -2.41. The van der Waals surface area contributed by atoms with Crippen LogP contribution in [0.5, 0.6) is 0 Å². The van der Waals surface area contributed by atoms with E-state index in [1.165, 1.54) is 10.5 Å². The van der Waals surface area contributed by atoms with Gasteiger partial charge in [-0.05, 0) is 25.1 Å². The summed E-state index contributed by atoms with van der Waals surface area (Å²) in [4.78, 5) is 28.5. The molecule has 7 heteroatoms. The van der Waals surface area contributed by atoms with E-state index in [-0.39, 0.29) is 16.9 Å². The Hall–Kier alpha value is -2.96. The zero-order chi connectivity index (χ0) is 15.1. The van der Waals surface area contributed by atoms with Gasteiger partial charge in [-0.2, -0.15) is 0 Å². The number of nitrogen functional groups attached to an aromatic ring is 1. The lowest BCUT2D eigenvalue weighted by molar-refractivity contribution is -0.655. The largest absolute Gasteiger partial charge is 0.365 e. The molecule has 0 atom stereocenters. The van der Waals surface area contributed by atoms with Crippen molar-refractivity contribution in [2.75, 3.05) is 5.73 Å². The van der Waals surface area contributed by atoms with Crippen molar-refractivity contribution < 1.29 is 9.36 Å². The minimum absolute atomic E-state index is 0.124. The molecule has 3 rings (SSSR count). The average molecular weight is 284 g/mol. The second-order valence-electron chi connectivity index (χ2n) is 4.63. The molecule has 0 bridgehead atoms. The molecule has 0 saturated heterocycles. The van der Waals surface area contributed by atoms with Crippen molar-refractivity contribution in [2.24, 2.45) is 5.73 Å². The van der Waals surface area contributed by atoms with Crippen LogP contribution in [-0.2, 0) is 6.54 Å². The number of nitrogens with two attached hydrogens (primary N) is 2. The van der Waals surface area contributed by atoms with E-state index in [2.05, 4.69) is 4.98 Å². The number of amides is 1. The van der Waals surface area contributed by atoms with E-state index < -0.39 is 5.91 Å². The molecule has 0 saturated carbocycles. The summed E-state index contributed by atoms with van der Waals surface area (Å²) in [5, 5.41) is 0.309. The van der Waals surface area contributed by atoms with Crippen LogP contribution in [0.2, 0.25) is 0 Å². The van der Waals surface area contributed by atoms with Gasteiger partial charge in [-0.1, -0.05) is 11.1 Å². The minimum atomic E-state index is -0.672. The van der Waals surface area contributed by atoms with Crippen LogP contribution in [0.1, 0.15) is 17.3 Å². The van der Waals surface area contributed by atoms with Gasteiger partial charge in [-0.15, -0.1) is 0 Å². The van der Waals surface area contributed by atoms with E-state index in [1.54, 1.807) is 29.0 Å². The second kappa shape index (κ2) is 4.55. The Balaban J connectivity index is 2.59. The molecule has 0 aliphatic heterocycles. The van der Waals surface area contributed by atoms with Crippen molar-refractivity contribution in [1.29, 1.82) is 0 Å². The van der Waals surface area contributed by atoms with Crippen molar-refractivity contribution >= 4 is 28.4 Å². The van der Waals surface area contributed by atoms with Crippen LogP contribution in [0.4, 0.5) is 5.82 Å². The van der Waals surface area contributed by atoms with Crippen LogP contribution in [-0.4, -0.2) is 15.3 Å². The lowest BCUT2D eigenvalue weighted by atomic mass is 10.2. The van der Waals surface area contributed by atoms with Crippen LogP contribution in [0.15, 0.2) is 35.3 Å². The second-order valence-corrected chi connectivity index (χ2v) is 4.63. The molecule has 4 N–H and O–H groups in total. The maximum absolute atomic E-state index is 12.6. The van der Waals surface area contributed by atoms with Gasteiger partial charge in [0.1, 0.15) is 10.9 Å². The van der Waals surface area contributed by atoms with Crippen molar-refractivity contribution in [3.63, 3.8) is 0 Å². The quantitative estimate of drug-likeness (QED) is 0.503. The molecule has 0 aromatic carbocycles. The Kier molecular flexibility index (Phi) is 2.83. The summed E-state index contributed by atoms with van der Waals surface area (Å²) in [7, 11) is 0. The third-order valence-corrected chi connectivity index (χ3v) is 3.44. The number of carbonyl (C=O) groups excluding carboxylic acids is 1. The highest BCUT2D eigenvalue weighted by Gasteiger charge is 2.22. The summed E-state index contributed by atoms with van der Waals surface area (Å²) in [6.45, 7) is 2.33. The van der Waals surface area contributed by atoms with Crippen LogP contribution < -0.4 is 21.6 Å². The Morgan fingerprint density at radius 2 is 2.19 bits per heavy atom. The normalized spacial score (nSPS) is 11.1. The number of primary amides is 1. The van der Waals surface area contributed by atoms with Gasteiger partial charge in [-0.25, -0.2) is 4.57 Å². The van der Waals surface area contributed by atoms with E-state index >= 15 is 0 Å². The molecule has 3 aromatic heterocycles. The molecule has 3 aromatic rings. The summed E-state index contributed by atoms with van der Waals surface area (Å²) in [5.74, 6) is -0.459. The summed E-state index contributed by atoms with van der Waals surface area (Å²) in [6, 6.07) is 6.68. The van der Waals surface area contributed by atoms with Crippen molar-refractivity contribution in [2.45, 2.75) is 13.5 Å². The van der Waals surface area contributed by atoms with E-state index in [0.29, 0.717) is 23.2 Å². The Morgan fingerprint density at radius 3 is 2.86 bits per heavy atom. The molecule has 7 nitrogen and oxygen atoms in total. The summed E-state index contributed by atoms with van der Waals surface area (Å²) >= 11 is 0. The Bertz CT molecular complexity index is 945. The zero-order valence-electron chi connectivity index (χ0n) is 11.4. The number of hydrogen-bond donors (Lipinski definition) is 2. The summed E-state index contributed by atoms with van der Waals surface area (Å²) < 4.78 is 3.03. The van der Waals surface area contributed by atoms with Gasteiger partial charge in [0.15, 0.2) is 0 Å². The van der Waals surface area contributed by atoms with Gasteiger partial charge in [0.2, 0.25) is 11.5 Å². The number of nitrogens with zero attached hydrogens (tertiary/aromatic N) is 3. The van der Waals surface area contributed by atoms with Crippen LogP contribution in [0.3, 0.4) is 0 Å². The standard InChI is InChI=1S/C14H13N5O2/c1-2-18-11(15)8(12(16)20)7-9-13(18)17-10-5-3-4-6-19(10)14(9)21/h3-7,15H,2H2,1H3,(H2,16,20)/p+1. The third-order valence-electron chi connectivity index (χ3n) is 3.44. The minimum Gasteiger partial charge on any atom is -0.365 e. The van der Waals surface area contributed by atoms with Crippen LogP contribution in [0, 0.1) is 0 Å². The fraction of sp³-hybridized carbons (Fsp3) is 0.143. The van der Waals surface area contributed by atoms with Gasteiger partial charge in [-0.3, -0.25) is 14.0 Å². The summed E-state index contributed by atoms with van der Waals surface area (Å²) in [6.07, 6.45) is 1.63. The number of carbonyl (C=O) groups is 1. The molecule has 0 radical (unpaired) electrons. The summed E-state index contributed by atoms with van der Waals surface area (Å²) in [5.41, 5.74) is 12.1. The molecular formula is C14H14N5O2+. The van der Waals surface area contributed by atoms with Gasteiger partial charge < -0.3 is 11.5 Å². The molecule has 0 fully saturated rings. The number of aryl methyl sites for hydroxylation is 1. The Labute approximate surface area is 119 Å². The highest BCUT2D eigenvalue weighted by molar-refractivity contribution is 5.99. The molecule has 0 spiro atoms. The predicted octanol–water partition coefficient (Wildman–Crippen LogP) is -0.164. The number of rotatable bonds is 2. The van der Waals surface area contributed by atoms with E-state index in [0.717, 1.165) is 0 Å². The molecule has 0 unspecified atom stereocenters. The van der Waals surface area contributed by atoms with Crippen molar-refractivity contribution in [3.8, 4) is 0 Å². The van der Waals surface area contributed by atoms with Crippen molar-refractivity contribution in [3.05, 3.63) is 46.4 Å². The first kappa shape index (κ1) is 13.0. The van der Waals surface area contributed by atoms with E-state index in [1.807, 2.05) is 6.92 Å². The van der Waals surface area contributed by atoms with Gasteiger partial charge in [0.05, 0.1) is 6.54 Å². The van der Waals surface area contributed by atoms with E-state index in [9.17, 15) is 9.59 Å². The van der Waals surface area contributed by atoms with Gasteiger partial charge in [0, 0.05) is 6.20 Å². The number of pyridine rings is 2. The number of fused-ring (bicyclic) bond motifs is 2. The predicted molar refractivity (Wildman–Crippen MR) is 77.8 cm³/mol. The monoisotopic (exact) mass is 284 g/mol. The number of aromatic nitrogens is 3. The fourth-order valence-corrected chi connectivity index (χ4v) is 2.42. The Morgan fingerprint density at radius 1 is 1.43 bits per heavy atom. The topological polar surface area (TPSA) is 107 Å². The molecular weight excluding hydrogens is 270 g/mol. The molecule has 106 valence electrons.